The molecule has 1 aliphatic rings. The van der Waals surface area contributed by atoms with Crippen molar-refractivity contribution in [1.82, 2.24) is 10.3 Å². The number of carboxylic acid groups (broad SMARTS) is 1. The first-order valence-corrected chi connectivity index (χ1v) is 7.58. The summed E-state index contributed by atoms with van der Waals surface area (Å²) in [6, 6.07) is 0.578. The normalized spacial score (nSPS) is 15.5. The van der Waals surface area contributed by atoms with Crippen LogP contribution in [0.25, 0.3) is 0 Å². The van der Waals surface area contributed by atoms with E-state index in [0.29, 0.717) is 12.5 Å². The van der Waals surface area contributed by atoms with Gasteiger partial charge in [0.2, 0.25) is 5.88 Å². The van der Waals surface area contributed by atoms with Crippen LogP contribution in [0.5, 0.6) is 5.88 Å². The number of nitrogens with one attached hydrogen (secondary N) is 1. The van der Waals surface area contributed by atoms with E-state index >= 15 is 0 Å². The molecule has 1 atom stereocenters. The Labute approximate surface area is 133 Å². The molecule has 7 heteroatoms. The number of halogens is 1. The van der Waals surface area contributed by atoms with Gasteiger partial charge in [-0.25, -0.2) is 9.78 Å². The Balaban J connectivity index is 2.03. The molecule has 0 aliphatic heterocycles. The quantitative estimate of drug-likeness (QED) is 0.803. The number of ether oxygens (including phenoxy) is 1. The van der Waals surface area contributed by atoms with E-state index in [4.69, 9.17) is 21.4 Å². The van der Waals surface area contributed by atoms with Gasteiger partial charge in [-0.15, -0.1) is 0 Å². The maximum absolute atomic E-state index is 12.1. The van der Waals surface area contributed by atoms with Crippen LogP contribution in [0.4, 0.5) is 0 Å². The molecule has 0 radical (unpaired) electrons. The minimum Gasteiger partial charge on any atom is -0.480 e. The molecule has 0 spiro atoms. The summed E-state index contributed by atoms with van der Waals surface area (Å²) in [6.07, 6.45) is 2.97. The highest BCUT2D eigenvalue weighted by Gasteiger charge is 2.37. The van der Waals surface area contributed by atoms with E-state index in [-0.39, 0.29) is 22.4 Å². The zero-order chi connectivity index (χ0) is 16.3. The largest absolute Gasteiger partial charge is 0.480 e. The number of nitrogens with zero attached hydrogens (tertiary/aromatic N) is 1. The summed E-state index contributed by atoms with van der Waals surface area (Å²) < 4.78 is 5.43. The van der Waals surface area contributed by atoms with E-state index in [1.54, 1.807) is 0 Å². The number of amides is 1. The number of carbonyl (C=O) groups excluding carboxylic acids is 1. The lowest BCUT2D eigenvalue weighted by atomic mass is 10.1. The van der Waals surface area contributed by atoms with E-state index in [0.717, 1.165) is 12.8 Å². The third-order valence-corrected chi connectivity index (χ3v) is 3.54. The van der Waals surface area contributed by atoms with Crippen molar-refractivity contribution in [2.75, 3.05) is 6.61 Å². The maximum Gasteiger partial charge on any atom is 0.326 e. The number of hydrogen-bond acceptors (Lipinski definition) is 4. The standard InChI is InChI=1S/C15H19ClN2O4/c1-8(2)7-22-14-11(16)5-10(6-17-14)13(19)18-12(15(20)21)9-3-4-9/h5-6,8-9,12H,3-4,7H2,1-2H3,(H,18,19)(H,20,21). The van der Waals surface area contributed by atoms with Crippen LogP contribution < -0.4 is 10.1 Å². The zero-order valence-electron chi connectivity index (χ0n) is 12.5. The van der Waals surface area contributed by atoms with Gasteiger partial charge in [-0.2, -0.15) is 0 Å². The van der Waals surface area contributed by atoms with Crippen molar-refractivity contribution >= 4 is 23.5 Å². The van der Waals surface area contributed by atoms with Gasteiger partial charge in [0, 0.05) is 6.20 Å². The van der Waals surface area contributed by atoms with Gasteiger partial charge in [0.1, 0.15) is 11.1 Å². The second kappa shape index (κ2) is 6.96. The lowest BCUT2D eigenvalue weighted by molar-refractivity contribution is -0.139. The zero-order valence-corrected chi connectivity index (χ0v) is 13.3. The topological polar surface area (TPSA) is 88.5 Å². The van der Waals surface area contributed by atoms with Crippen molar-refractivity contribution in [1.29, 1.82) is 0 Å². The highest BCUT2D eigenvalue weighted by Crippen LogP contribution is 2.33. The molecule has 1 aliphatic carbocycles. The molecule has 2 N–H and O–H groups in total. The SMILES string of the molecule is CC(C)COc1ncc(C(=O)NC(C(=O)O)C2CC2)cc1Cl. The Morgan fingerprint density at radius 2 is 2.18 bits per heavy atom. The van der Waals surface area contributed by atoms with Crippen LogP contribution in [0.2, 0.25) is 5.02 Å². The van der Waals surface area contributed by atoms with Gasteiger partial charge in [-0.3, -0.25) is 4.79 Å². The Morgan fingerprint density at radius 1 is 1.50 bits per heavy atom. The lowest BCUT2D eigenvalue weighted by Crippen LogP contribution is -2.42. The summed E-state index contributed by atoms with van der Waals surface area (Å²) in [6.45, 7) is 4.47. The van der Waals surface area contributed by atoms with E-state index in [9.17, 15) is 9.59 Å². The third kappa shape index (κ3) is 4.34. The molecule has 1 saturated carbocycles. The van der Waals surface area contributed by atoms with Gasteiger partial charge in [0.15, 0.2) is 0 Å². The van der Waals surface area contributed by atoms with Crippen molar-refractivity contribution in [2.45, 2.75) is 32.7 Å². The summed E-state index contributed by atoms with van der Waals surface area (Å²) in [5, 5.41) is 11.9. The molecule has 0 bridgehead atoms. The Morgan fingerprint density at radius 3 is 2.68 bits per heavy atom. The predicted molar refractivity (Wildman–Crippen MR) is 81.2 cm³/mol. The molecule has 0 aromatic carbocycles. The summed E-state index contributed by atoms with van der Waals surface area (Å²) >= 11 is 6.05. The van der Waals surface area contributed by atoms with E-state index in [1.165, 1.54) is 12.3 Å². The summed E-state index contributed by atoms with van der Waals surface area (Å²) in [4.78, 5) is 27.3. The first-order chi connectivity index (χ1) is 10.4. The van der Waals surface area contributed by atoms with Gasteiger partial charge in [-0.1, -0.05) is 25.4 Å². The third-order valence-electron chi connectivity index (χ3n) is 3.27. The summed E-state index contributed by atoms with van der Waals surface area (Å²) in [5.74, 6) is -0.908. The number of aromatic nitrogens is 1. The molecule has 1 fully saturated rings. The molecule has 6 nitrogen and oxygen atoms in total. The van der Waals surface area contributed by atoms with Crippen molar-refractivity contribution in [3.63, 3.8) is 0 Å². The summed E-state index contributed by atoms with van der Waals surface area (Å²) in [5.41, 5.74) is 0.216. The molecule has 1 aromatic rings. The molecule has 1 amide bonds. The average Bonchev–Trinajstić information content (AvgIpc) is 3.27. The fourth-order valence-corrected chi connectivity index (χ4v) is 2.16. The molecule has 1 aromatic heterocycles. The van der Waals surface area contributed by atoms with Gasteiger partial charge >= 0.3 is 5.97 Å². The number of hydrogen-bond donors (Lipinski definition) is 2. The van der Waals surface area contributed by atoms with Crippen LogP contribution in [0.3, 0.4) is 0 Å². The molecule has 1 heterocycles. The number of pyridine rings is 1. The minimum atomic E-state index is -1.02. The molecule has 120 valence electrons. The van der Waals surface area contributed by atoms with Gasteiger partial charge < -0.3 is 15.2 Å². The van der Waals surface area contributed by atoms with E-state index < -0.39 is 17.9 Å². The second-order valence-corrected chi connectivity index (χ2v) is 6.25. The smallest absolute Gasteiger partial charge is 0.326 e. The van der Waals surface area contributed by atoms with Gasteiger partial charge in [0.05, 0.1) is 12.2 Å². The van der Waals surface area contributed by atoms with Crippen molar-refractivity contribution < 1.29 is 19.4 Å². The molecular formula is C15H19ClN2O4. The molecule has 22 heavy (non-hydrogen) atoms. The highest BCUT2D eigenvalue weighted by atomic mass is 35.5. The predicted octanol–water partition coefficient (Wildman–Crippen LogP) is 2.36. The Hall–Kier alpha value is -1.82. The molecular weight excluding hydrogens is 308 g/mol. The van der Waals surface area contributed by atoms with Crippen LogP contribution >= 0.6 is 11.6 Å². The number of rotatable bonds is 7. The van der Waals surface area contributed by atoms with Crippen LogP contribution in [-0.4, -0.2) is 34.6 Å². The number of aliphatic carboxylic acids is 1. The molecule has 0 saturated heterocycles. The molecule has 1 unspecified atom stereocenters. The van der Waals surface area contributed by atoms with E-state index in [1.807, 2.05) is 13.8 Å². The first-order valence-electron chi connectivity index (χ1n) is 7.20. The van der Waals surface area contributed by atoms with Crippen molar-refractivity contribution in [2.24, 2.45) is 11.8 Å². The number of carbonyl (C=O) groups is 2. The van der Waals surface area contributed by atoms with Crippen LogP contribution in [0, 0.1) is 11.8 Å². The number of carboxylic acids is 1. The highest BCUT2D eigenvalue weighted by molar-refractivity contribution is 6.32. The Bertz CT molecular complexity index is 573. The monoisotopic (exact) mass is 326 g/mol. The van der Waals surface area contributed by atoms with Gasteiger partial charge in [0.25, 0.3) is 5.91 Å². The van der Waals surface area contributed by atoms with Crippen molar-refractivity contribution in [3.8, 4) is 5.88 Å². The first kappa shape index (κ1) is 16.5. The fraction of sp³-hybridized carbons (Fsp3) is 0.533. The van der Waals surface area contributed by atoms with Crippen molar-refractivity contribution in [3.05, 3.63) is 22.8 Å². The van der Waals surface area contributed by atoms with Crippen LogP contribution in [0.1, 0.15) is 37.0 Å². The van der Waals surface area contributed by atoms with E-state index in [2.05, 4.69) is 10.3 Å². The fourth-order valence-electron chi connectivity index (χ4n) is 1.94. The minimum absolute atomic E-state index is 0.0125. The summed E-state index contributed by atoms with van der Waals surface area (Å²) in [7, 11) is 0. The molecule has 2 rings (SSSR count). The van der Waals surface area contributed by atoms with Crippen LogP contribution in [-0.2, 0) is 4.79 Å². The maximum atomic E-state index is 12.1. The second-order valence-electron chi connectivity index (χ2n) is 5.84. The van der Waals surface area contributed by atoms with Gasteiger partial charge in [-0.05, 0) is 30.7 Å². The average molecular weight is 327 g/mol. The Kier molecular flexibility index (Phi) is 5.24. The van der Waals surface area contributed by atoms with Crippen LogP contribution in [0.15, 0.2) is 12.3 Å². The lowest BCUT2D eigenvalue weighted by Gasteiger charge is -2.14.